The van der Waals surface area contributed by atoms with Gasteiger partial charge in [0.25, 0.3) is 0 Å². The molecule has 0 atom stereocenters. The van der Waals surface area contributed by atoms with Crippen LogP contribution < -0.4 is 10.5 Å². The van der Waals surface area contributed by atoms with Crippen LogP contribution >= 0.6 is 23.2 Å². The molecule has 0 fully saturated rings. The minimum atomic E-state index is -0.0577. The Labute approximate surface area is 125 Å². The van der Waals surface area contributed by atoms with Crippen LogP contribution in [0.15, 0.2) is 41.7 Å². The Morgan fingerprint density at radius 3 is 2.60 bits per heavy atom. The van der Waals surface area contributed by atoms with E-state index in [1.165, 1.54) is 0 Å². The predicted octanol–water partition coefficient (Wildman–Crippen LogP) is 3.06. The van der Waals surface area contributed by atoms with Crippen molar-refractivity contribution in [2.75, 3.05) is 0 Å². The summed E-state index contributed by atoms with van der Waals surface area (Å²) >= 11 is 11.8. The minimum Gasteiger partial charge on any atom is -0.489 e. The second-order valence-corrected chi connectivity index (χ2v) is 4.80. The summed E-state index contributed by atoms with van der Waals surface area (Å²) in [6.07, 6.45) is 1.55. The largest absolute Gasteiger partial charge is 0.489 e. The van der Waals surface area contributed by atoms with Gasteiger partial charge < -0.3 is 15.7 Å². The van der Waals surface area contributed by atoms with Gasteiger partial charge in [-0.15, -0.1) is 0 Å². The third kappa shape index (κ3) is 3.76. The van der Waals surface area contributed by atoms with Gasteiger partial charge in [-0.05, 0) is 35.9 Å². The van der Waals surface area contributed by atoms with E-state index in [1.807, 2.05) is 0 Å². The number of hydrogen-bond acceptors (Lipinski definition) is 4. The van der Waals surface area contributed by atoms with Gasteiger partial charge in [0.15, 0.2) is 5.84 Å². The molecule has 2 rings (SSSR count). The Bertz CT molecular complexity index is 627. The molecule has 0 saturated heterocycles. The van der Waals surface area contributed by atoms with E-state index in [0.717, 1.165) is 5.56 Å². The van der Waals surface area contributed by atoms with Crippen molar-refractivity contribution in [3.05, 3.63) is 57.8 Å². The molecular formula is C13H11Cl2N3O2. The number of oxime groups is 1. The molecule has 0 aliphatic carbocycles. The summed E-state index contributed by atoms with van der Waals surface area (Å²) in [5, 5.41) is 12.5. The molecule has 0 aliphatic heterocycles. The zero-order valence-corrected chi connectivity index (χ0v) is 11.8. The lowest BCUT2D eigenvalue weighted by atomic mass is 10.2. The van der Waals surface area contributed by atoms with Crippen LogP contribution in [-0.4, -0.2) is 16.0 Å². The second-order valence-electron chi connectivity index (χ2n) is 3.93. The molecule has 0 bridgehead atoms. The first-order valence-electron chi connectivity index (χ1n) is 5.60. The van der Waals surface area contributed by atoms with Crippen LogP contribution in [0.3, 0.4) is 0 Å². The lowest BCUT2D eigenvalue weighted by molar-refractivity contribution is 0.306. The third-order valence-electron chi connectivity index (χ3n) is 2.44. The zero-order valence-electron chi connectivity index (χ0n) is 10.3. The molecule has 0 spiro atoms. The van der Waals surface area contributed by atoms with Crippen molar-refractivity contribution in [1.82, 2.24) is 4.98 Å². The highest BCUT2D eigenvalue weighted by Gasteiger charge is 2.04. The average molecular weight is 312 g/mol. The molecule has 5 nitrogen and oxygen atoms in total. The van der Waals surface area contributed by atoms with Crippen molar-refractivity contribution in [2.24, 2.45) is 10.9 Å². The van der Waals surface area contributed by atoms with Crippen molar-refractivity contribution in [3.8, 4) is 5.75 Å². The summed E-state index contributed by atoms with van der Waals surface area (Å²) in [5.74, 6) is 0.502. The van der Waals surface area contributed by atoms with Crippen LogP contribution in [-0.2, 0) is 6.61 Å². The average Bonchev–Trinajstić information content (AvgIpc) is 2.43. The highest BCUT2D eigenvalue weighted by atomic mass is 35.5. The summed E-state index contributed by atoms with van der Waals surface area (Å²) in [4.78, 5) is 3.98. The van der Waals surface area contributed by atoms with E-state index >= 15 is 0 Å². The molecular weight excluding hydrogens is 301 g/mol. The summed E-state index contributed by atoms with van der Waals surface area (Å²) in [7, 11) is 0. The molecule has 2 aromatic rings. The first-order valence-corrected chi connectivity index (χ1v) is 6.36. The van der Waals surface area contributed by atoms with Crippen LogP contribution in [0.4, 0.5) is 0 Å². The number of ether oxygens (including phenoxy) is 1. The molecule has 1 aromatic heterocycles. The third-order valence-corrected chi connectivity index (χ3v) is 2.87. The Morgan fingerprint density at radius 1 is 1.25 bits per heavy atom. The molecule has 0 saturated carbocycles. The summed E-state index contributed by atoms with van der Waals surface area (Å²) < 4.78 is 5.58. The van der Waals surface area contributed by atoms with Crippen LogP contribution in [0.2, 0.25) is 10.0 Å². The molecule has 3 N–H and O–H groups in total. The van der Waals surface area contributed by atoms with E-state index in [9.17, 15) is 0 Å². The normalized spacial score (nSPS) is 11.4. The van der Waals surface area contributed by atoms with E-state index in [-0.39, 0.29) is 12.4 Å². The smallest absolute Gasteiger partial charge is 0.188 e. The summed E-state index contributed by atoms with van der Waals surface area (Å²) in [5.41, 5.74) is 6.66. The van der Waals surface area contributed by atoms with Crippen molar-refractivity contribution in [2.45, 2.75) is 6.61 Å². The van der Waals surface area contributed by atoms with Gasteiger partial charge in [-0.3, -0.25) is 4.98 Å². The van der Waals surface area contributed by atoms with E-state index in [2.05, 4.69) is 10.1 Å². The van der Waals surface area contributed by atoms with Crippen molar-refractivity contribution < 1.29 is 9.94 Å². The number of rotatable bonds is 4. The number of halogens is 2. The second kappa shape index (κ2) is 6.45. The zero-order chi connectivity index (χ0) is 14.5. The summed E-state index contributed by atoms with van der Waals surface area (Å²) in [6.45, 7) is 0.283. The molecule has 0 radical (unpaired) electrons. The van der Waals surface area contributed by atoms with Gasteiger partial charge >= 0.3 is 0 Å². The van der Waals surface area contributed by atoms with Gasteiger partial charge in [0.2, 0.25) is 0 Å². The molecule has 1 aromatic carbocycles. The maximum atomic E-state index is 8.61. The standard InChI is InChI=1S/C13H11Cl2N3O2/c14-9-4-10(15)6-11(5-9)20-7-8-1-2-17-12(3-8)13(16)18-19/h1-6,19H,7H2,(H2,16,18). The van der Waals surface area contributed by atoms with Crippen molar-refractivity contribution in [1.29, 1.82) is 0 Å². The number of pyridine rings is 1. The first kappa shape index (κ1) is 14.4. The van der Waals surface area contributed by atoms with Gasteiger partial charge in [0.05, 0.1) is 0 Å². The van der Waals surface area contributed by atoms with Crippen LogP contribution in [0.5, 0.6) is 5.75 Å². The number of benzene rings is 1. The topological polar surface area (TPSA) is 80.7 Å². The lowest BCUT2D eigenvalue weighted by Crippen LogP contribution is -2.15. The van der Waals surface area contributed by atoms with E-state index < -0.39 is 0 Å². The number of aromatic nitrogens is 1. The van der Waals surface area contributed by atoms with Gasteiger partial charge in [0, 0.05) is 16.2 Å². The van der Waals surface area contributed by atoms with E-state index in [4.69, 9.17) is 38.9 Å². The monoisotopic (exact) mass is 311 g/mol. The van der Waals surface area contributed by atoms with Crippen molar-refractivity contribution >= 4 is 29.0 Å². The SMILES string of the molecule is NC(=NO)c1cc(COc2cc(Cl)cc(Cl)c2)ccn1. The van der Waals surface area contributed by atoms with Gasteiger partial charge in [-0.1, -0.05) is 28.4 Å². The number of amidine groups is 1. The van der Waals surface area contributed by atoms with E-state index in [1.54, 1.807) is 36.5 Å². The van der Waals surface area contributed by atoms with Gasteiger partial charge in [-0.2, -0.15) is 0 Å². The molecule has 20 heavy (non-hydrogen) atoms. The van der Waals surface area contributed by atoms with Crippen LogP contribution in [0.1, 0.15) is 11.3 Å². The van der Waals surface area contributed by atoms with Gasteiger partial charge in [-0.25, -0.2) is 0 Å². The minimum absolute atomic E-state index is 0.0577. The fourth-order valence-corrected chi connectivity index (χ4v) is 2.04. The predicted molar refractivity (Wildman–Crippen MR) is 77.5 cm³/mol. The number of hydrogen-bond donors (Lipinski definition) is 2. The quantitative estimate of drug-likeness (QED) is 0.393. The Hall–Kier alpha value is -1.98. The fraction of sp³-hybridized carbons (Fsp3) is 0.0769. The molecule has 1 heterocycles. The van der Waals surface area contributed by atoms with Crippen molar-refractivity contribution in [3.63, 3.8) is 0 Å². The lowest BCUT2D eigenvalue weighted by Gasteiger charge is -2.08. The maximum absolute atomic E-state index is 8.61. The van der Waals surface area contributed by atoms with Crippen LogP contribution in [0, 0.1) is 0 Å². The molecule has 0 amide bonds. The Kier molecular flexibility index (Phi) is 4.65. The number of nitrogens with zero attached hydrogens (tertiary/aromatic N) is 2. The fourth-order valence-electron chi connectivity index (χ4n) is 1.53. The first-order chi connectivity index (χ1) is 9.58. The molecule has 7 heteroatoms. The molecule has 104 valence electrons. The Balaban J connectivity index is 2.11. The Morgan fingerprint density at radius 2 is 1.95 bits per heavy atom. The maximum Gasteiger partial charge on any atom is 0.188 e. The molecule has 0 unspecified atom stereocenters. The number of nitrogens with two attached hydrogens (primary N) is 1. The summed E-state index contributed by atoms with van der Waals surface area (Å²) in [6, 6.07) is 8.39. The highest BCUT2D eigenvalue weighted by Crippen LogP contribution is 2.24. The van der Waals surface area contributed by atoms with Gasteiger partial charge in [0.1, 0.15) is 18.1 Å². The van der Waals surface area contributed by atoms with E-state index in [0.29, 0.717) is 21.5 Å². The van der Waals surface area contributed by atoms with Crippen LogP contribution in [0.25, 0.3) is 0 Å². The highest BCUT2D eigenvalue weighted by molar-refractivity contribution is 6.34. The molecule has 0 aliphatic rings.